The van der Waals surface area contributed by atoms with Crippen molar-refractivity contribution in [2.24, 2.45) is 4.99 Å². The first-order valence-electron chi connectivity index (χ1n) is 5.87. The number of thioether (sulfide) groups is 1. The number of amides is 1. The van der Waals surface area contributed by atoms with Crippen LogP contribution in [0, 0.1) is 0 Å². The Bertz CT molecular complexity index is 516. The van der Waals surface area contributed by atoms with Gasteiger partial charge in [-0.2, -0.15) is 0 Å². The smallest absolute Gasteiger partial charge is 0.325 e. The van der Waals surface area contributed by atoms with Crippen LogP contribution >= 0.6 is 11.8 Å². The van der Waals surface area contributed by atoms with Gasteiger partial charge < -0.3 is 10.4 Å². The van der Waals surface area contributed by atoms with Crippen molar-refractivity contribution < 1.29 is 14.7 Å². The lowest BCUT2D eigenvalue weighted by Gasteiger charge is -2.11. The van der Waals surface area contributed by atoms with Gasteiger partial charge in [0.15, 0.2) is 0 Å². The van der Waals surface area contributed by atoms with E-state index in [-0.39, 0.29) is 5.91 Å². The van der Waals surface area contributed by atoms with E-state index >= 15 is 0 Å². The fourth-order valence-electron chi connectivity index (χ4n) is 1.62. The summed E-state index contributed by atoms with van der Waals surface area (Å²) in [6.07, 6.45) is 0. The number of hydrogen-bond acceptors (Lipinski definition) is 4. The summed E-state index contributed by atoms with van der Waals surface area (Å²) in [5, 5.41) is 12.0. The largest absolute Gasteiger partial charge is 0.480 e. The van der Waals surface area contributed by atoms with E-state index in [1.54, 1.807) is 0 Å². The lowest BCUT2D eigenvalue weighted by atomic mass is 10.2. The molecule has 0 saturated heterocycles. The van der Waals surface area contributed by atoms with Crippen LogP contribution in [0.2, 0.25) is 0 Å². The zero-order chi connectivity index (χ0) is 13.8. The van der Waals surface area contributed by atoms with E-state index in [0.717, 1.165) is 10.6 Å². The van der Waals surface area contributed by atoms with E-state index in [0.29, 0.717) is 5.75 Å². The lowest BCUT2D eigenvalue weighted by Crippen LogP contribution is -2.43. The van der Waals surface area contributed by atoms with Crippen molar-refractivity contribution in [2.45, 2.75) is 19.0 Å². The van der Waals surface area contributed by atoms with Gasteiger partial charge in [0.25, 0.3) is 0 Å². The molecule has 1 amide bonds. The van der Waals surface area contributed by atoms with Crippen LogP contribution in [-0.2, 0) is 9.59 Å². The predicted octanol–water partition coefficient (Wildman–Crippen LogP) is 1.14. The van der Waals surface area contributed by atoms with Crippen molar-refractivity contribution in [3.63, 3.8) is 0 Å². The second-order valence-corrected chi connectivity index (χ2v) is 5.20. The number of carboxylic acid groups (broad SMARTS) is 1. The molecular weight excluding hydrogens is 264 g/mol. The molecule has 0 bridgehead atoms. The van der Waals surface area contributed by atoms with Crippen molar-refractivity contribution in [2.75, 3.05) is 5.75 Å². The van der Waals surface area contributed by atoms with Crippen LogP contribution in [-0.4, -0.2) is 39.9 Å². The molecule has 5 nitrogen and oxygen atoms in total. The van der Waals surface area contributed by atoms with Crippen molar-refractivity contribution in [1.82, 2.24) is 5.32 Å². The maximum absolute atomic E-state index is 11.8. The first kappa shape index (κ1) is 13.6. The SMILES string of the molecule is C[C@H](NC(=O)[C@@H]1CSC(c2ccccc2)=N1)C(=O)O. The first-order chi connectivity index (χ1) is 9.08. The molecule has 0 aliphatic carbocycles. The first-order valence-corrected chi connectivity index (χ1v) is 6.85. The van der Waals surface area contributed by atoms with Gasteiger partial charge in [0.2, 0.25) is 5.91 Å². The number of aliphatic imine (C=N–C) groups is 1. The Balaban J connectivity index is 2.03. The summed E-state index contributed by atoms with van der Waals surface area (Å²) in [6, 6.07) is 8.22. The van der Waals surface area contributed by atoms with E-state index in [4.69, 9.17) is 5.11 Å². The van der Waals surface area contributed by atoms with Crippen molar-refractivity contribution in [3.8, 4) is 0 Å². The minimum atomic E-state index is -1.05. The number of hydrogen-bond donors (Lipinski definition) is 2. The molecule has 0 saturated carbocycles. The van der Waals surface area contributed by atoms with Gasteiger partial charge in [0, 0.05) is 11.3 Å². The van der Waals surface area contributed by atoms with Gasteiger partial charge in [-0.15, -0.1) is 11.8 Å². The Morgan fingerprint density at radius 3 is 2.74 bits per heavy atom. The quantitative estimate of drug-likeness (QED) is 0.865. The monoisotopic (exact) mass is 278 g/mol. The van der Waals surface area contributed by atoms with Crippen LogP contribution in [0.4, 0.5) is 0 Å². The van der Waals surface area contributed by atoms with Crippen LogP contribution in [0.1, 0.15) is 12.5 Å². The van der Waals surface area contributed by atoms with E-state index in [9.17, 15) is 9.59 Å². The number of carbonyl (C=O) groups excluding carboxylic acids is 1. The average molecular weight is 278 g/mol. The normalized spacial score (nSPS) is 19.6. The fourth-order valence-corrected chi connectivity index (χ4v) is 2.66. The van der Waals surface area contributed by atoms with Crippen molar-refractivity contribution in [3.05, 3.63) is 35.9 Å². The molecule has 0 radical (unpaired) electrons. The van der Waals surface area contributed by atoms with E-state index in [1.807, 2.05) is 30.3 Å². The minimum absolute atomic E-state index is 0.340. The number of benzene rings is 1. The Labute approximate surface area is 115 Å². The number of carboxylic acids is 1. The maximum Gasteiger partial charge on any atom is 0.325 e. The fraction of sp³-hybridized carbons (Fsp3) is 0.308. The topological polar surface area (TPSA) is 78.8 Å². The van der Waals surface area contributed by atoms with Crippen LogP contribution in [0.25, 0.3) is 0 Å². The molecule has 2 rings (SSSR count). The molecule has 1 heterocycles. The molecule has 1 aliphatic rings. The van der Waals surface area contributed by atoms with E-state index in [2.05, 4.69) is 10.3 Å². The van der Waals surface area contributed by atoms with Crippen LogP contribution in [0.5, 0.6) is 0 Å². The molecular formula is C13H14N2O3S. The maximum atomic E-state index is 11.8. The molecule has 19 heavy (non-hydrogen) atoms. The van der Waals surface area contributed by atoms with Gasteiger partial charge in [-0.3, -0.25) is 14.6 Å². The van der Waals surface area contributed by atoms with Gasteiger partial charge >= 0.3 is 5.97 Å². The zero-order valence-electron chi connectivity index (χ0n) is 10.4. The number of carbonyl (C=O) groups is 2. The molecule has 1 aliphatic heterocycles. The molecule has 0 unspecified atom stereocenters. The summed E-state index contributed by atoms with van der Waals surface area (Å²) < 4.78 is 0. The van der Waals surface area contributed by atoms with Crippen LogP contribution < -0.4 is 5.32 Å². The van der Waals surface area contributed by atoms with E-state index in [1.165, 1.54) is 18.7 Å². The van der Waals surface area contributed by atoms with Gasteiger partial charge in [0.05, 0.1) is 5.04 Å². The number of rotatable bonds is 4. The molecule has 0 fully saturated rings. The molecule has 0 spiro atoms. The highest BCUT2D eigenvalue weighted by molar-refractivity contribution is 8.14. The number of nitrogens with one attached hydrogen (secondary N) is 1. The summed E-state index contributed by atoms with van der Waals surface area (Å²) in [7, 11) is 0. The lowest BCUT2D eigenvalue weighted by molar-refractivity contribution is -0.141. The predicted molar refractivity (Wildman–Crippen MR) is 74.5 cm³/mol. The van der Waals surface area contributed by atoms with Gasteiger partial charge in [0.1, 0.15) is 12.1 Å². The molecule has 0 aromatic heterocycles. The molecule has 6 heteroatoms. The second-order valence-electron chi connectivity index (χ2n) is 4.20. The van der Waals surface area contributed by atoms with Crippen LogP contribution in [0.15, 0.2) is 35.3 Å². The van der Waals surface area contributed by atoms with Gasteiger partial charge in [-0.25, -0.2) is 0 Å². The third-order valence-corrected chi connectivity index (χ3v) is 3.80. The number of nitrogens with zero attached hydrogens (tertiary/aromatic N) is 1. The molecule has 2 atom stereocenters. The minimum Gasteiger partial charge on any atom is -0.480 e. The highest BCUT2D eigenvalue weighted by Crippen LogP contribution is 2.23. The molecule has 100 valence electrons. The molecule has 1 aromatic rings. The summed E-state index contributed by atoms with van der Waals surface area (Å²) >= 11 is 1.51. The average Bonchev–Trinajstić information content (AvgIpc) is 2.89. The molecule has 1 aromatic carbocycles. The second kappa shape index (κ2) is 5.88. The highest BCUT2D eigenvalue weighted by Gasteiger charge is 2.27. The summed E-state index contributed by atoms with van der Waals surface area (Å²) in [5.74, 6) is -0.845. The highest BCUT2D eigenvalue weighted by atomic mass is 32.2. The third kappa shape index (κ3) is 3.35. The standard InChI is InChI=1S/C13H14N2O3S/c1-8(13(17)18)14-11(16)10-7-19-12(15-10)9-5-3-2-4-6-9/h2-6,8,10H,7H2,1H3,(H,14,16)(H,17,18)/t8-,10-/m0/s1. The van der Waals surface area contributed by atoms with Crippen LogP contribution in [0.3, 0.4) is 0 Å². The summed E-state index contributed by atoms with van der Waals surface area (Å²) in [4.78, 5) is 26.9. The number of aliphatic carboxylic acids is 1. The Morgan fingerprint density at radius 1 is 1.42 bits per heavy atom. The third-order valence-electron chi connectivity index (χ3n) is 2.70. The molecule has 2 N–H and O–H groups in total. The van der Waals surface area contributed by atoms with Gasteiger partial charge in [-0.1, -0.05) is 30.3 Å². The van der Waals surface area contributed by atoms with Crippen molar-refractivity contribution in [1.29, 1.82) is 0 Å². The van der Waals surface area contributed by atoms with E-state index < -0.39 is 18.1 Å². The van der Waals surface area contributed by atoms with Gasteiger partial charge in [-0.05, 0) is 6.92 Å². The Kier molecular flexibility index (Phi) is 4.21. The zero-order valence-corrected chi connectivity index (χ0v) is 11.2. The summed E-state index contributed by atoms with van der Waals surface area (Å²) in [5.41, 5.74) is 0.981. The Morgan fingerprint density at radius 2 is 2.11 bits per heavy atom. The van der Waals surface area contributed by atoms with Crippen molar-refractivity contribution >= 4 is 28.7 Å². The summed E-state index contributed by atoms with van der Waals surface area (Å²) in [6.45, 7) is 1.43. The Hall–Kier alpha value is -1.82.